The summed E-state index contributed by atoms with van der Waals surface area (Å²) in [5.74, 6) is 1.94. The van der Waals surface area contributed by atoms with Crippen molar-refractivity contribution in [3.63, 3.8) is 0 Å². The zero-order chi connectivity index (χ0) is 20.5. The summed E-state index contributed by atoms with van der Waals surface area (Å²) in [5.41, 5.74) is 2.82. The first-order valence-corrected chi connectivity index (χ1v) is 10.6. The van der Waals surface area contributed by atoms with Crippen LogP contribution in [0.4, 0.5) is 0 Å². The standard InChI is InChI=1S/C22H19BrN2O3S/c1-12-19(14-5-7-15(23)8-6-14)20-21(26)24-18(25-22(20)29-12)11-13-4-9-16(27-2)17(10-13)28-3/h4-10H,11H2,1-3H3,(H,24,25,26). The summed E-state index contributed by atoms with van der Waals surface area (Å²) >= 11 is 5.00. The molecule has 0 saturated heterocycles. The van der Waals surface area contributed by atoms with Crippen molar-refractivity contribution in [3.8, 4) is 22.6 Å². The first-order chi connectivity index (χ1) is 14.0. The topological polar surface area (TPSA) is 64.2 Å². The monoisotopic (exact) mass is 470 g/mol. The van der Waals surface area contributed by atoms with E-state index in [1.807, 2.05) is 49.4 Å². The van der Waals surface area contributed by atoms with Gasteiger partial charge < -0.3 is 14.5 Å². The average molecular weight is 471 g/mol. The van der Waals surface area contributed by atoms with Gasteiger partial charge in [0.2, 0.25) is 0 Å². The molecule has 7 heteroatoms. The van der Waals surface area contributed by atoms with Gasteiger partial charge in [-0.1, -0.05) is 34.1 Å². The molecule has 2 aromatic carbocycles. The van der Waals surface area contributed by atoms with Crippen LogP contribution in [0.3, 0.4) is 0 Å². The van der Waals surface area contributed by atoms with Gasteiger partial charge in [-0.05, 0) is 42.3 Å². The number of ether oxygens (including phenoxy) is 2. The van der Waals surface area contributed by atoms with Gasteiger partial charge in [-0.25, -0.2) is 4.98 Å². The van der Waals surface area contributed by atoms with Crippen LogP contribution >= 0.6 is 27.3 Å². The Kier molecular flexibility index (Phi) is 5.43. The van der Waals surface area contributed by atoms with Gasteiger partial charge in [0.15, 0.2) is 11.5 Å². The largest absolute Gasteiger partial charge is 0.493 e. The van der Waals surface area contributed by atoms with Crippen LogP contribution in [-0.4, -0.2) is 24.2 Å². The van der Waals surface area contributed by atoms with E-state index < -0.39 is 0 Å². The SMILES string of the molecule is COc1ccc(Cc2nc3sc(C)c(-c4ccc(Br)cc4)c3c(=O)[nH]2)cc1OC. The third kappa shape index (κ3) is 3.80. The molecule has 0 amide bonds. The van der Waals surface area contributed by atoms with Crippen LogP contribution in [0, 0.1) is 6.92 Å². The summed E-state index contributed by atoms with van der Waals surface area (Å²) in [7, 11) is 3.21. The minimum atomic E-state index is -0.118. The van der Waals surface area contributed by atoms with Gasteiger partial charge in [0.1, 0.15) is 10.7 Å². The predicted molar refractivity (Wildman–Crippen MR) is 120 cm³/mol. The van der Waals surface area contributed by atoms with Gasteiger partial charge in [-0.15, -0.1) is 11.3 Å². The van der Waals surface area contributed by atoms with Crippen molar-refractivity contribution in [2.75, 3.05) is 14.2 Å². The third-order valence-corrected chi connectivity index (χ3v) is 6.27. The van der Waals surface area contributed by atoms with Gasteiger partial charge >= 0.3 is 0 Å². The fraction of sp³-hybridized carbons (Fsp3) is 0.182. The number of thiophene rings is 1. The molecule has 5 nitrogen and oxygen atoms in total. The Morgan fingerprint density at radius 2 is 1.79 bits per heavy atom. The molecule has 0 aliphatic rings. The van der Waals surface area contributed by atoms with Crippen LogP contribution in [0.1, 0.15) is 16.3 Å². The number of nitrogens with one attached hydrogen (secondary N) is 1. The Hall–Kier alpha value is -2.64. The minimum Gasteiger partial charge on any atom is -0.493 e. The number of hydrogen-bond donors (Lipinski definition) is 1. The van der Waals surface area contributed by atoms with Crippen molar-refractivity contribution in [1.29, 1.82) is 0 Å². The van der Waals surface area contributed by atoms with E-state index in [1.54, 1.807) is 25.6 Å². The van der Waals surface area contributed by atoms with Crippen LogP contribution < -0.4 is 15.0 Å². The van der Waals surface area contributed by atoms with Gasteiger partial charge in [0, 0.05) is 21.3 Å². The lowest BCUT2D eigenvalue weighted by Crippen LogP contribution is -2.11. The van der Waals surface area contributed by atoms with E-state index in [2.05, 4.69) is 20.9 Å². The number of halogens is 1. The number of aryl methyl sites for hydroxylation is 1. The summed E-state index contributed by atoms with van der Waals surface area (Å²) in [5, 5.41) is 0.644. The van der Waals surface area contributed by atoms with Crippen molar-refractivity contribution in [2.24, 2.45) is 0 Å². The second-order valence-electron chi connectivity index (χ2n) is 6.60. The maximum absolute atomic E-state index is 12.9. The molecule has 0 radical (unpaired) electrons. The summed E-state index contributed by atoms with van der Waals surface area (Å²) in [6.07, 6.45) is 0.496. The molecule has 4 rings (SSSR count). The molecule has 0 spiro atoms. The van der Waals surface area contributed by atoms with Crippen molar-refractivity contribution in [2.45, 2.75) is 13.3 Å². The first kappa shape index (κ1) is 19.7. The number of aromatic nitrogens is 2. The number of hydrogen-bond acceptors (Lipinski definition) is 5. The number of methoxy groups -OCH3 is 2. The second-order valence-corrected chi connectivity index (χ2v) is 8.72. The lowest BCUT2D eigenvalue weighted by Gasteiger charge is -2.09. The molecule has 0 saturated carbocycles. The zero-order valence-corrected chi connectivity index (χ0v) is 18.6. The third-order valence-electron chi connectivity index (χ3n) is 4.74. The first-order valence-electron chi connectivity index (χ1n) is 8.99. The van der Waals surface area contributed by atoms with E-state index in [0.29, 0.717) is 29.1 Å². The predicted octanol–water partition coefficient (Wildman–Crippen LogP) is 5.33. The van der Waals surface area contributed by atoms with Crippen LogP contribution in [-0.2, 0) is 6.42 Å². The number of fused-ring (bicyclic) bond motifs is 1. The minimum absolute atomic E-state index is 0.118. The molecule has 148 valence electrons. The summed E-state index contributed by atoms with van der Waals surface area (Å²) < 4.78 is 11.7. The molecular weight excluding hydrogens is 452 g/mol. The molecule has 1 N–H and O–H groups in total. The van der Waals surface area contributed by atoms with Crippen LogP contribution in [0.25, 0.3) is 21.3 Å². The Morgan fingerprint density at radius 3 is 2.48 bits per heavy atom. The molecule has 0 bridgehead atoms. The Morgan fingerprint density at radius 1 is 1.07 bits per heavy atom. The van der Waals surface area contributed by atoms with Crippen LogP contribution in [0.2, 0.25) is 0 Å². The fourth-order valence-corrected chi connectivity index (χ4v) is 4.72. The molecule has 2 aromatic heterocycles. The Bertz CT molecular complexity index is 1250. The molecule has 0 atom stereocenters. The van der Waals surface area contributed by atoms with Gasteiger partial charge in [-0.2, -0.15) is 0 Å². The number of nitrogens with zero attached hydrogens (tertiary/aromatic N) is 1. The molecule has 4 aromatic rings. The molecule has 0 aliphatic carbocycles. The Labute approximate surface area is 180 Å². The van der Waals surface area contributed by atoms with E-state index in [-0.39, 0.29) is 5.56 Å². The van der Waals surface area contributed by atoms with E-state index in [4.69, 9.17) is 14.5 Å². The lowest BCUT2D eigenvalue weighted by molar-refractivity contribution is 0.354. The van der Waals surface area contributed by atoms with E-state index in [9.17, 15) is 4.79 Å². The maximum atomic E-state index is 12.9. The van der Waals surface area contributed by atoms with E-state index in [0.717, 1.165) is 30.9 Å². The van der Waals surface area contributed by atoms with Gasteiger partial charge in [0.05, 0.1) is 19.6 Å². The van der Waals surface area contributed by atoms with Gasteiger partial charge in [0.25, 0.3) is 5.56 Å². The molecule has 2 heterocycles. The van der Waals surface area contributed by atoms with Crippen LogP contribution in [0.5, 0.6) is 11.5 Å². The Balaban J connectivity index is 1.76. The van der Waals surface area contributed by atoms with Crippen molar-refractivity contribution in [3.05, 3.63) is 73.6 Å². The number of rotatable bonds is 5. The molecular formula is C22H19BrN2O3S. The molecule has 29 heavy (non-hydrogen) atoms. The molecule has 0 fully saturated rings. The quantitative estimate of drug-likeness (QED) is 0.428. The maximum Gasteiger partial charge on any atom is 0.260 e. The van der Waals surface area contributed by atoms with Gasteiger partial charge in [-0.3, -0.25) is 4.79 Å². The highest BCUT2D eigenvalue weighted by atomic mass is 79.9. The van der Waals surface area contributed by atoms with Crippen LogP contribution in [0.15, 0.2) is 51.7 Å². The molecule has 0 unspecified atom stereocenters. The number of benzene rings is 2. The highest BCUT2D eigenvalue weighted by molar-refractivity contribution is 9.10. The average Bonchev–Trinajstić information content (AvgIpc) is 3.04. The van der Waals surface area contributed by atoms with Crippen molar-refractivity contribution >= 4 is 37.5 Å². The fourth-order valence-electron chi connectivity index (χ4n) is 3.40. The number of aromatic amines is 1. The van der Waals surface area contributed by atoms with E-state index >= 15 is 0 Å². The van der Waals surface area contributed by atoms with Crippen molar-refractivity contribution in [1.82, 2.24) is 9.97 Å². The number of H-pyrrole nitrogens is 1. The highest BCUT2D eigenvalue weighted by Gasteiger charge is 2.17. The second kappa shape index (κ2) is 8.00. The smallest absolute Gasteiger partial charge is 0.260 e. The molecule has 0 aliphatic heterocycles. The van der Waals surface area contributed by atoms with Crippen molar-refractivity contribution < 1.29 is 9.47 Å². The lowest BCUT2D eigenvalue weighted by atomic mass is 10.0. The highest BCUT2D eigenvalue weighted by Crippen LogP contribution is 2.36. The van der Waals surface area contributed by atoms with E-state index in [1.165, 1.54) is 0 Å². The zero-order valence-electron chi connectivity index (χ0n) is 16.2. The summed E-state index contributed by atoms with van der Waals surface area (Å²) in [6, 6.07) is 13.7. The summed E-state index contributed by atoms with van der Waals surface area (Å²) in [6.45, 7) is 2.02. The summed E-state index contributed by atoms with van der Waals surface area (Å²) in [4.78, 5) is 22.5. The normalized spacial score (nSPS) is 11.0.